The van der Waals surface area contributed by atoms with Gasteiger partial charge >= 0.3 is 8.88 Å². The van der Waals surface area contributed by atoms with E-state index in [1.807, 2.05) is 0 Å². The molecule has 0 spiro atoms. The summed E-state index contributed by atoms with van der Waals surface area (Å²) in [4.78, 5) is 34.6. The molecule has 10 nitrogen and oxygen atoms in total. The summed E-state index contributed by atoms with van der Waals surface area (Å²) in [7, 11) is -10.0. The molecular formula is C62H82N8O2Si3. The van der Waals surface area contributed by atoms with E-state index in [0.717, 1.165) is 160 Å². The minimum absolute atomic E-state index is 0.650. The maximum absolute atomic E-state index is 9.31. The molecule has 6 heterocycles. The van der Waals surface area contributed by atoms with E-state index in [2.05, 4.69) is 147 Å². The van der Waals surface area contributed by atoms with E-state index in [1.54, 1.807) is 0 Å². The molecule has 0 N–H and O–H groups in total. The number of aromatic nitrogens is 2. The number of benzene rings is 4. The summed E-state index contributed by atoms with van der Waals surface area (Å²) in [5.41, 5.74) is 5.45. The molecule has 0 saturated heterocycles. The monoisotopic (exact) mass is 1050 g/mol. The van der Waals surface area contributed by atoms with Crippen LogP contribution < -0.4 is 11.0 Å². The number of amidine groups is 4. The molecule has 4 aromatic carbocycles. The van der Waals surface area contributed by atoms with Gasteiger partial charge in [0.1, 0.15) is 22.6 Å². The average molecular weight is 1060 g/mol. The van der Waals surface area contributed by atoms with Gasteiger partial charge < -0.3 is 8.23 Å². The van der Waals surface area contributed by atoms with Crippen molar-refractivity contribution in [2.45, 2.75) is 193 Å². The van der Waals surface area contributed by atoms with Crippen molar-refractivity contribution in [2.24, 2.45) is 30.0 Å². The lowest BCUT2D eigenvalue weighted by Crippen LogP contribution is -2.71. The fourth-order valence-electron chi connectivity index (χ4n) is 12.4. The van der Waals surface area contributed by atoms with Gasteiger partial charge in [0.25, 0.3) is 0 Å². The minimum atomic E-state index is -4.39. The molecule has 75 heavy (non-hydrogen) atoms. The molecule has 13 heteroatoms. The highest BCUT2D eigenvalue weighted by atomic mass is 28.5. The molecule has 1 unspecified atom stereocenters. The first-order valence-electron chi connectivity index (χ1n) is 29.5. The summed E-state index contributed by atoms with van der Waals surface area (Å²) in [6, 6.07) is 41.0. The first kappa shape index (κ1) is 53.2. The van der Waals surface area contributed by atoms with Gasteiger partial charge in [-0.05, 0) is 36.3 Å². The standard InChI is InChI=1S/C62H82N8O2Si3/c1-7-13-19-30-44-74(45-31-20-14-8-2,46-32-21-15-9-3)72-75(71-73(41-16-10-4,42-17-11-5)43-18-12-6)69-59-51-37-26-27-38-52(51)61(69)67-57-49-35-24-25-36-50(49)58(64-57)68-62-54-40-29-28-39-53(54)60(70(62)75)66-56-48-34-23-22-33-47(48)55(63-56)65-59/h22-29,33-40H,7-21,30-32,41-46H2,1-6H3/b65-55-,65-59?,66-56?,66-60-,67-57-,67-61?,68-58?,68-62-. The van der Waals surface area contributed by atoms with E-state index >= 15 is 0 Å². The highest BCUT2D eigenvalue weighted by Gasteiger charge is 2.60. The van der Waals surface area contributed by atoms with Crippen molar-refractivity contribution in [1.29, 1.82) is 0 Å². The van der Waals surface area contributed by atoms with Crippen LogP contribution >= 0.6 is 0 Å². The zero-order valence-electron chi connectivity index (χ0n) is 46.1. The zero-order valence-corrected chi connectivity index (χ0v) is 49.1. The predicted molar refractivity (Wildman–Crippen MR) is 321 cm³/mol. The molecule has 0 saturated carbocycles. The molecule has 10 rings (SSSR count). The highest BCUT2D eigenvalue weighted by Crippen LogP contribution is 2.48. The smallest absolute Gasteiger partial charge is 0.404 e. The fraction of sp³-hybridized carbons (Fsp3) is 0.484. The lowest BCUT2D eigenvalue weighted by molar-refractivity contribution is 0.318. The molecule has 0 fully saturated rings. The van der Waals surface area contributed by atoms with Crippen LogP contribution in [0.25, 0.3) is 21.5 Å². The van der Waals surface area contributed by atoms with Gasteiger partial charge in [-0.15, -0.1) is 0 Å². The maximum Gasteiger partial charge on any atom is 0.582 e. The Bertz CT molecular complexity index is 3040. The van der Waals surface area contributed by atoms with E-state index in [0.29, 0.717) is 23.3 Å². The normalized spacial score (nSPS) is 18.8. The van der Waals surface area contributed by atoms with Crippen molar-refractivity contribution in [3.63, 3.8) is 0 Å². The molecule has 394 valence electrons. The van der Waals surface area contributed by atoms with Crippen LogP contribution in [0.15, 0.2) is 127 Å². The summed E-state index contributed by atoms with van der Waals surface area (Å²) in [6.45, 7) is 14.1. The van der Waals surface area contributed by atoms with Gasteiger partial charge in [-0.2, -0.15) is 0 Å². The van der Waals surface area contributed by atoms with Crippen molar-refractivity contribution in [3.8, 4) is 0 Å². The Balaban J connectivity index is 1.45. The van der Waals surface area contributed by atoms with Crippen LogP contribution in [0.1, 0.15) is 179 Å². The van der Waals surface area contributed by atoms with Gasteiger partial charge in [0, 0.05) is 43.8 Å². The molecule has 0 amide bonds. The molecule has 0 radical (unpaired) electrons. The maximum atomic E-state index is 9.31. The molecule has 4 aliphatic heterocycles. The van der Waals surface area contributed by atoms with Crippen molar-refractivity contribution in [1.82, 2.24) is 8.47 Å². The molecular weight excluding hydrogens is 973 g/mol. The van der Waals surface area contributed by atoms with Crippen LogP contribution in [-0.4, -0.2) is 57.3 Å². The van der Waals surface area contributed by atoms with Crippen LogP contribution in [0.2, 0.25) is 36.3 Å². The summed E-state index contributed by atoms with van der Waals surface area (Å²) in [6.07, 6.45) is 20.9. The van der Waals surface area contributed by atoms with E-state index < -0.39 is 25.5 Å². The van der Waals surface area contributed by atoms with Gasteiger partial charge in [-0.1, -0.05) is 254 Å². The Morgan fingerprint density at radius 2 is 0.640 bits per heavy atom. The van der Waals surface area contributed by atoms with Crippen LogP contribution in [0.5, 0.6) is 0 Å². The average Bonchev–Trinajstić information content (AvgIpc) is 4.16. The number of aliphatic imine (C=N–C) groups is 4. The van der Waals surface area contributed by atoms with Crippen molar-refractivity contribution >= 4 is 82.0 Å². The largest absolute Gasteiger partial charge is 0.582 e. The van der Waals surface area contributed by atoms with Crippen LogP contribution in [0, 0.1) is 0 Å². The third-order valence-corrected chi connectivity index (χ3v) is 31.6. The van der Waals surface area contributed by atoms with Gasteiger partial charge in [0.15, 0.2) is 40.0 Å². The van der Waals surface area contributed by atoms with Gasteiger partial charge in [-0.3, -0.25) is 8.47 Å². The van der Waals surface area contributed by atoms with Gasteiger partial charge in [-0.25, -0.2) is 30.0 Å². The fourth-order valence-corrected chi connectivity index (χ4v) is 30.5. The number of hydrogen-bond donors (Lipinski definition) is 0. The quantitative estimate of drug-likeness (QED) is 0.0361. The number of hydrogen-bond acceptors (Lipinski definition) is 8. The molecule has 6 bridgehead atoms. The number of unbranched alkanes of at least 4 members (excludes halogenated alkanes) is 12. The Morgan fingerprint density at radius 3 is 0.987 bits per heavy atom. The first-order valence-corrected chi connectivity index (χ1v) is 36.3. The second-order valence-corrected chi connectivity index (χ2v) is 33.3. The van der Waals surface area contributed by atoms with Crippen LogP contribution in [-0.2, 0) is 8.23 Å². The Morgan fingerprint density at radius 1 is 0.333 bits per heavy atom. The predicted octanol–water partition coefficient (Wildman–Crippen LogP) is 16.4. The number of rotatable bonds is 28. The van der Waals surface area contributed by atoms with Gasteiger partial charge in [0.2, 0.25) is 0 Å². The topological polar surface area (TPSA) is 102 Å². The Kier molecular flexibility index (Phi) is 17.0. The number of nitrogens with zero attached hydrogens (tertiary/aromatic N) is 8. The first-order chi connectivity index (χ1) is 36.9. The van der Waals surface area contributed by atoms with Gasteiger partial charge in [0.05, 0.1) is 0 Å². The van der Waals surface area contributed by atoms with Crippen molar-refractivity contribution < 1.29 is 8.23 Å². The summed E-state index contributed by atoms with van der Waals surface area (Å²) >= 11 is 0. The molecule has 2 aromatic heterocycles. The third kappa shape index (κ3) is 10.5. The Hall–Kier alpha value is -5.19. The van der Waals surface area contributed by atoms with E-state index in [4.69, 9.17) is 30.0 Å². The van der Waals surface area contributed by atoms with Crippen LogP contribution in [0.4, 0.5) is 11.6 Å². The molecule has 0 aliphatic carbocycles. The Labute approximate surface area is 450 Å². The summed E-state index contributed by atoms with van der Waals surface area (Å²) in [5, 5.41) is 4.01. The third-order valence-electron chi connectivity index (χ3n) is 16.4. The van der Waals surface area contributed by atoms with E-state index in [1.165, 1.54) is 57.8 Å². The minimum Gasteiger partial charge on any atom is -0.404 e. The second-order valence-electron chi connectivity index (χ2n) is 22.0. The molecule has 6 aromatic rings. The lowest BCUT2D eigenvalue weighted by Gasteiger charge is -2.47. The SMILES string of the molecule is CCCCCC[Si](CCCCCC)(CCCCCC)O[Si]1(O[Si](CCCC)(CCCC)CCCC)n2c3c4ccccc4c2/N=C2N=C(/N=c4/c5ccccc5/c(n41)=N/C1=NC(=N\3)/c3ccccc31)c1ccccc1\2. The zero-order chi connectivity index (χ0) is 51.8. The summed E-state index contributed by atoms with van der Waals surface area (Å²) in [5.74, 6) is 4.17. The molecule has 4 aliphatic rings. The van der Waals surface area contributed by atoms with E-state index in [-0.39, 0.29) is 0 Å². The number of fused-ring (bicyclic) bond motifs is 14. The second kappa shape index (κ2) is 24.0. The van der Waals surface area contributed by atoms with Crippen LogP contribution in [0.3, 0.4) is 0 Å². The van der Waals surface area contributed by atoms with E-state index in [9.17, 15) is 8.23 Å². The highest BCUT2D eigenvalue weighted by molar-refractivity contribution is 6.89. The van der Waals surface area contributed by atoms with Crippen molar-refractivity contribution in [2.75, 3.05) is 0 Å². The molecule has 1 atom stereocenters. The summed E-state index contributed by atoms with van der Waals surface area (Å²) < 4.78 is 23.5. The lowest BCUT2D eigenvalue weighted by atomic mass is 10.1. The van der Waals surface area contributed by atoms with Crippen molar-refractivity contribution in [3.05, 3.63) is 130 Å².